The Morgan fingerprint density at radius 2 is 2.00 bits per heavy atom. The molecule has 6 heteroatoms. The first-order valence-corrected chi connectivity index (χ1v) is 7.59. The van der Waals surface area contributed by atoms with E-state index in [9.17, 15) is 4.79 Å². The molecule has 0 saturated heterocycles. The van der Waals surface area contributed by atoms with E-state index in [1.807, 2.05) is 13.0 Å². The average molecular weight is 317 g/mol. The lowest BCUT2D eigenvalue weighted by atomic mass is 10.2. The SMILES string of the molecule is Cc1nc(NC2CC2)cc(C(=O)Nc2ccc(Cl)cc2C)n1. The lowest BCUT2D eigenvalue weighted by Gasteiger charge is -2.10. The van der Waals surface area contributed by atoms with E-state index in [4.69, 9.17) is 11.6 Å². The van der Waals surface area contributed by atoms with Gasteiger partial charge in [-0.25, -0.2) is 9.97 Å². The van der Waals surface area contributed by atoms with Crippen molar-refractivity contribution in [1.82, 2.24) is 9.97 Å². The van der Waals surface area contributed by atoms with E-state index in [0.717, 1.165) is 24.1 Å². The van der Waals surface area contributed by atoms with Crippen LogP contribution in [0.15, 0.2) is 24.3 Å². The highest BCUT2D eigenvalue weighted by Gasteiger charge is 2.22. The molecule has 0 bridgehead atoms. The number of nitrogens with zero attached hydrogens (tertiary/aromatic N) is 2. The predicted octanol–water partition coefficient (Wildman–Crippen LogP) is 3.57. The summed E-state index contributed by atoms with van der Waals surface area (Å²) in [6, 6.07) is 7.50. The summed E-state index contributed by atoms with van der Waals surface area (Å²) in [6.45, 7) is 3.68. The number of hydrogen-bond donors (Lipinski definition) is 2. The second-order valence-corrected chi connectivity index (χ2v) is 5.95. The number of aryl methyl sites for hydroxylation is 2. The van der Waals surface area contributed by atoms with Crippen LogP contribution in [0.4, 0.5) is 11.5 Å². The van der Waals surface area contributed by atoms with Crippen molar-refractivity contribution in [3.63, 3.8) is 0 Å². The predicted molar refractivity (Wildman–Crippen MR) is 87.6 cm³/mol. The highest BCUT2D eigenvalue weighted by Crippen LogP contribution is 2.24. The number of benzene rings is 1. The molecule has 1 aliphatic carbocycles. The maximum absolute atomic E-state index is 12.4. The lowest BCUT2D eigenvalue weighted by molar-refractivity contribution is 0.102. The first-order chi connectivity index (χ1) is 10.5. The first-order valence-electron chi connectivity index (χ1n) is 7.21. The van der Waals surface area contributed by atoms with Crippen molar-refractivity contribution in [2.45, 2.75) is 32.7 Å². The molecule has 1 saturated carbocycles. The zero-order valence-electron chi connectivity index (χ0n) is 12.5. The van der Waals surface area contributed by atoms with Crippen LogP contribution in [-0.4, -0.2) is 21.9 Å². The van der Waals surface area contributed by atoms with Gasteiger partial charge in [-0.1, -0.05) is 11.6 Å². The van der Waals surface area contributed by atoms with Gasteiger partial charge in [0.1, 0.15) is 17.3 Å². The van der Waals surface area contributed by atoms with E-state index in [0.29, 0.717) is 28.4 Å². The van der Waals surface area contributed by atoms with Crippen LogP contribution in [0, 0.1) is 13.8 Å². The van der Waals surface area contributed by atoms with Gasteiger partial charge in [0.05, 0.1) is 0 Å². The zero-order valence-corrected chi connectivity index (χ0v) is 13.2. The van der Waals surface area contributed by atoms with E-state index in [2.05, 4.69) is 20.6 Å². The summed E-state index contributed by atoms with van der Waals surface area (Å²) in [6.07, 6.45) is 2.29. The lowest BCUT2D eigenvalue weighted by Crippen LogP contribution is -2.16. The Morgan fingerprint density at radius 1 is 1.23 bits per heavy atom. The van der Waals surface area contributed by atoms with E-state index < -0.39 is 0 Å². The van der Waals surface area contributed by atoms with Crippen molar-refractivity contribution >= 4 is 29.0 Å². The summed E-state index contributed by atoms with van der Waals surface area (Å²) in [4.78, 5) is 20.9. The minimum absolute atomic E-state index is 0.255. The molecule has 1 aromatic carbocycles. The van der Waals surface area contributed by atoms with Crippen LogP contribution < -0.4 is 10.6 Å². The summed E-state index contributed by atoms with van der Waals surface area (Å²) in [5.41, 5.74) is 1.98. The summed E-state index contributed by atoms with van der Waals surface area (Å²) < 4.78 is 0. The molecule has 2 aromatic rings. The minimum Gasteiger partial charge on any atom is -0.367 e. The van der Waals surface area contributed by atoms with Crippen molar-refractivity contribution in [2.75, 3.05) is 10.6 Å². The van der Waals surface area contributed by atoms with Crippen molar-refractivity contribution in [2.24, 2.45) is 0 Å². The summed E-state index contributed by atoms with van der Waals surface area (Å²) in [5.74, 6) is 1.02. The minimum atomic E-state index is -0.255. The van der Waals surface area contributed by atoms with Gasteiger partial charge >= 0.3 is 0 Å². The molecule has 1 aliphatic rings. The number of hydrogen-bond acceptors (Lipinski definition) is 4. The van der Waals surface area contributed by atoms with E-state index in [1.165, 1.54) is 0 Å². The second-order valence-electron chi connectivity index (χ2n) is 5.52. The fourth-order valence-corrected chi connectivity index (χ4v) is 2.38. The summed E-state index contributed by atoms with van der Waals surface area (Å²) >= 11 is 5.92. The molecule has 22 heavy (non-hydrogen) atoms. The smallest absolute Gasteiger partial charge is 0.274 e. The van der Waals surface area contributed by atoms with Gasteiger partial charge in [-0.15, -0.1) is 0 Å². The van der Waals surface area contributed by atoms with Crippen molar-refractivity contribution < 1.29 is 4.79 Å². The average Bonchev–Trinajstić information content (AvgIpc) is 3.25. The van der Waals surface area contributed by atoms with Gasteiger partial charge in [0.25, 0.3) is 5.91 Å². The second kappa shape index (κ2) is 5.93. The van der Waals surface area contributed by atoms with Gasteiger partial charge in [0.2, 0.25) is 0 Å². The summed E-state index contributed by atoms with van der Waals surface area (Å²) in [5, 5.41) is 6.79. The molecule has 0 atom stereocenters. The van der Waals surface area contributed by atoms with Crippen LogP contribution in [0.1, 0.15) is 34.7 Å². The van der Waals surface area contributed by atoms with Crippen LogP contribution in [-0.2, 0) is 0 Å². The number of halogens is 1. The molecule has 114 valence electrons. The molecule has 1 amide bonds. The number of carbonyl (C=O) groups is 1. The molecule has 2 N–H and O–H groups in total. The van der Waals surface area contributed by atoms with Gasteiger partial charge in [-0.2, -0.15) is 0 Å². The number of amides is 1. The number of rotatable bonds is 4. The van der Waals surface area contributed by atoms with Crippen molar-refractivity contribution in [3.8, 4) is 0 Å². The normalized spacial score (nSPS) is 13.8. The molecule has 5 nitrogen and oxygen atoms in total. The fraction of sp³-hybridized carbons (Fsp3) is 0.312. The quantitative estimate of drug-likeness (QED) is 0.905. The molecular weight excluding hydrogens is 300 g/mol. The van der Waals surface area contributed by atoms with E-state index >= 15 is 0 Å². The van der Waals surface area contributed by atoms with Crippen LogP contribution in [0.2, 0.25) is 5.02 Å². The summed E-state index contributed by atoms with van der Waals surface area (Å²) in [7, 11) is 0. The highest BCUT2D eigenvalue weighted by molar-refractivity contribution is 6.30. The Hall–Kier alpha value is -2.14. The number of aromatic nitrogens is 2. The molecule has 3 rings (SSSR count). The Kier molecular flexibility index (Phi) is 3.98. The maximum atomic E-state index is 12.4. The zero-order chi connectivity index (χ0) is 15.7. The van der Waals surface area contributed by atoms with Crippen LogP contribution >= 0.6 is 11.6 Å². The molecular formula is C16H17ClN4O. The molecule has 0 aliphatic heterocycles. The third kappa shape index (κ3) is 3.54. The van der Waals surface area contributed by atoms with Crippen molar-refractivity contribution in [1.29, 1.82) is 0 Å². The monoisotopic (exact) mass is 316 g/mol. The molecule has 1 fully saturated rings. The molecule has 0 radical (unpaired) electrons. The van der Waals surface area contributed by atoms with Gasteiger partial charge in [0.15, 0.2) is 0 Å². The molecule has 0 spiro atoms. The number of anilines is 2. The molecule has 0 unspecified atom stereocenters. The maximum Gasteiger partial charge on any atom is 0.274 e. The van der Waals surface area contributed by atoms with Crippen LogP contribution in [0.25, 0.3) is 0 Å². The standard InChI is InChI=1S/C16H17ClN4O/c1-9-7-11(17)3-6-13(9)21-16(22)14-8-15(19-10(2)18-14)20-12-4-5-12/h3,6-8,12H,4-5H2,1-2H3,(H,21,22)(H,18,19,20). The molecule has 1 heterocycles. The number of nitrogens with one attached hydrogen (secondary N) is 2. The Morgan fingerprint density at radius 3 is 2.68 bits per heavy atom. The van der Waals surface area contributed by atoms with Gasteiger partial charge < -0.3 is 10.6 Å². The number of carbonyl (C=O) groups excluding carboxylic acids is 1. The Balaban J connectivity index is 1.80. The van der Waals surface area contributed by atoms with E-state index in [-0.39, 0.29) is 5.91 Å². The van der Waals surface area contributed by atoms with Gasteiger partial charge in [0, 0.05) is 22.8 Å². The van der Waals surface area contributed by atoms with Crippen LogP contribution in [0.3, 0.4) is 0 Å². The third-order valence-corrected chi connectivity index (χ3v) is 3.67. The third-order valence-electron chi connectivity index (χ3n) is 3.44. The van der Waals surface area contributed by atoms with Crippen molar-refractivity contribution in [3.05, 3.63) is 46.4 Å². The van der Waals surface area contributed by atoms with Gasteiger partial charge in [-0.3, -0.25) is 4.79 Å². The first kappa shape index (κ1) is 14.8. The fourth-order valence-electron chi connectivity index (χ4n) is 2.15. The van der Waals surface area contributed by atoms with E-state index in [1.54, 1.807) is 25.1 Å². The Labute approximate surface area is 134 Å². The topological polar surface area (TPSA) is 66.9 Å². The van der Waals surface area contributed by atoms with Crippen LogP contribution in [0.5, 0.6) is 0 Å². The largest absolute Gasteiger partial charge is 0.367 e. The molecule has 1 aromatic heterocycles. The Bertz CT molecular complexity index is 728. The highest BCUT2D eigenvalue weighted by atomic mass is 35.5. The van der Waals surface area contributed by atoms with Gasteiger partial charge in [-0.05, 0) is 50.5 Å².